The van der Waals surface area contributed by atoms with Gasteiger partial charge >= 0.3 is 5.97 Å². The molecule has 0 saturated carbocycles. The lowest BCUT2D eigenvalue weighted by atomic mass is 10.1. The van der Waals surface area contributed by atoms with Gasteiger partial charge in [-0.2, -0.15) is 0 Å². The second-order valence-electron chi connectivity index (χ2n) is 5.79. The fraction of sp³-hybridized carbons (Fsp3) is 0.100. The Balaban J connectivity index is 1.71. The number of hydrogen-bond donors (Lipinski definition) is 2. The molecule has 0 fully saturated rings. The van der Waals surface area contributed by atoms with Crippen molar-refractivity contribution < 1.29 is 14.3 Å². The zero-order valence-corrected chi connectivity index (χ0v) is 14.9. The van der Waals surface area contributed by atoms with Gasteiger partial charge in [-0.05, 0) is 43.3 Å². The topological polar surface area (TPSA) is 93.2 Å². The molecule has 0 aliphatic heterocycles. The molecule has 3 rings (SSSR count). The molecule has 0 aliphatic rings. The molecule has 3 aromatic rings. The van der Waals surface area contributed by atoms with Gasteiger partial charge in [-0.1, -0.05) is 29.8 Å². The summed E-state index contributed by atoms with van der Waals surface area (Å²) in [6.45, 7) is 1.92. The first kappa shape index (κ1) is 18.1. The second-order valence-corrected chi connectivity index (χ2v) is 5.79. The van der Waals surface area contributed by atoms with Crippen LogP contribution in [0.4, 0.5) is 17.3 Å². The summed E-state index contributed by atoms with van der Waals surface area (Å²) >= 11 is 0. The average molecular weight is 362 g/mol. The summed E-state index contributed by atoms with van der Waals surface area (Å²) in [6.07, 6.45) is 0. The number of carbonyl (C=O) groups is 2. The maximum Gasteiger partial charge on any atom is 0.339 e. The number of nitrogens with zero attached hydrogens (tertiary/aromatic N) is 2. The van der Waals surface area contributed by atoms with Gasteiger partial charge in [-0.25, -0.2) is 4.79 Å². The number of benzene rings is 2. The monoisotopic (exact) mass is 362 g/mol. The lowest BCUT2D eigenvalue weighted by Crippen LogP contribution is -2.13. The third-order valence-corrected chi connectivity index (χ3v) is 3.78. The molecule has 0 spiro atoms. The van der Waals surface area contributed by atoms with Crippen LogP contribution < -0.4 is 10.6 Å². The van der Waals surface area contributed by atoms with Gasteiger partial charge in [0.05, 0.1) is 18.4 Å². The largest absolute Gasteiger partial charge is 0.465 e. The number of aryl methyl sites for hydroxylation is 1. The standard InChI is InChI=1S/C20H18N4O3/c1-13-6-5-7-14(12-13)19(25)22-18-11-10-17(23-24-18)21-16-9-4-3-8-15(16)20(26)27-2/h3-12H,1-2H3,(H,21,23)(H,22,24,25). The van der Waals surface area contributed by atoms with Crippen LogP contribution >= 0.6 is 0 Å². The second kappa shape index (κ2) is 8.09. The molecule has 1 aromatic heterocycles. The number of hydrogen-bond acceptors (Lipinski definition) is 6. The molecule has 0 unspecified atom stereocenters. The number of carbonyl (C=O) groups excluding carboxylic acids is 2. The summed E-state index contributed by atoms with van der Waals surface area (Å²) in [7, 11) is 1.32. The van der Waals surface area contributed by atoms with Gasteiger partial charge in [0.25, 0.3) is 5.91 Å². The van der Waals surface area contributed by atoms with Gasteiger partial charge < -0.3 is 15.4 Å². The lowest BCUT2D eigenvalue weighted by Gasteiger charge is -2.10. The number of esters is 1. The molecule has 136 valence electrons. The molecule has 7 nitrogen and oxygen atoms in total. The van der Waals surface area contributed by atoms with Crippen LogP contribution in [0.3, 0.4) is 0 Å². The van der Waals surface area contributed by atoms with E-state index in [1.54, 1.807) is 48.5 Å². The van der Waals surface area contributed by atoms with Crippen molar-refractivity contribution in [1.82, 2.24) is 10.2 Å². The minimum atomic E-state index is -0.451. The first-order chi connectivity index (χ1) is 13.1. The Morgan fingerprint density at radius 3 is 2.37 bits per heavy atom. The van der Waals surface area contributed by atoms with Gasteiger partial charge in [0.2, 0.25) is 0 Å². The van der Waals surface area contributed by atoms with E-state index in [9.17, 15) is 9.59 Å². The van der Waals surface area contributed by atoms with E-state index < -0.39 is 5.97 Å². The van der Waals surface area contributed by atoms with Gasteiger partial charge in [-0.15, -0.1) is 10.2 Å². The van der Waals surface area contributed by atoms with Gasteiger partial charge in [-0.3, -0.25) is 4.79 Å². The summed E-state index contributed by atoms with van der Waals surface area (Å²) in [5.41, 5.74) is 2.48. The van der Waals surface area contributed by atoms with Crippen molar-refractivity contribution >= 4 is 29.2 Å². The van der Waals surface area contributed by atoms with Crippen LogP contribution in [0.2, 0.25) is 0 Å². The zero-order chi connectivity index (χ0) is 19.2. The van der Waals surface area contributed by atoms with Crippen LogP contribution in [-0.4, -0.2) is 29.2 Å². The smallest absolute Gasteiger partial charge is 0.339 e. The lowest BCUT2D eigenvalue weighted by molar-refractivity contribution is 0.0601. The van der Waals surface area contributed by atoms with Crippen LogP contribution in [-0.2, 0) is 4.74 Å². The van der Waals surface area contributed by atoms with E-state index in [0.717, 1.165) is 5.56 Å². The summed E-state index contributed by atoms with van der Waals surface area (Å²) in [4.78, 5) is 24.1. The fourth-order valence-corrected chi connectivity index (χ4v) is 2.46. The highest BCUT2D eigenvalue weighted by molar-refractivity contribution is 6.03. The molecule has 2 aromatic carbocycles. The number of para-hydroxylation sites is 1. The Hall–Kier alpha value is -3.74. The maximum absolute atomic E-state index is 12.2. The molecule has 2 N–H and O–H groups in total. The van der Waals surface area contributed by atoms with E-state index >= 15 is 0 Å². The van der Waals surface area contributed by atoms with Crippen molar-refractivity contribution in [2.45, 2.75) is 6.92 Å². The number of methoxy groups -OCH3 is 1. The third-order valence-electron chi connectivity index (χ3n) is 3.78. The summed E-state index contributed by atoms with van der Waals surface area (Å²) in [5, 5.41) is 13.8. The van der Waals surface area contributed by atoms with E-state index in [2.05, 4.69) is 20.8 Å². The first-order valence-corrected chi connectivity index (χ1v) is 8.23. The Morgan fingerprint density at radius 2 is 1.67 bits per heavy atom. The maximum atomic E-state index is 12.2. The molecule has 7 heteroatoms. The van der Waals surface area contributed by atoms with E-state index in [-0.39, 0.29) is 5.91 Å². The van der Waals surface area contributed by atoms with Crippen LogP contribution in [0.15, 0.2) is 60.7 Å². The highest BCUT2D eigenvalue weighted by atomic mass is 16.5. The molecule has 27 heavy (non-hydrogen) atoms. The van der Waals surface area contributed by atoms with Gasteiger partial charge in [0.15, 0.2) is 11.6 Å². The molecule has 1 heterocycles. The Kier molecular flexibility index (Phi) is 5.41. The molecule has 0 radical (unpaired) electrons. The minimum absolute atomic E-state index is 0.259. The van der Waals surface area contributed by atoms with Crippen LogP contribution in [0.1, 0.15) is 26.3 Å². The number of ether oxygens (including phenoxy) is 1. The summed E-state index contributed by atoms with van der Waals surface area (Å²) in [6, 6.07) is 17.5. The van der Waals surface area contributed by atoms with Gasteiger partial charge in [0.1, 0.15) is 0 Å². The normalized spacial score (nSPS) is 10.1. The van der Waals surface area contributed by atoms with E-state index in [4.69, 9.17) is 4.74 Å². The Labute approximate surface area is 156 Å². The highest BCUT2D eigenvalue weighted by Gasteiger charge is 2.12. The number of amides is 1. The van der Waals surface area contributed by atoms with Crippen molar-refractivity contribution in [2.75, 3.05) is 17.7 Å². The van der Waals surface area contributed by atoms with E-state index in [1.807, 2.05) is 19.1 Å². The average Bonchev–Trinajstić information content (AvgIpc) is 2.69. The van der Waals surface area contributed by atoms with Crippen molar-refractivity contribution in [3.63, 3.8) is 0 Å². The fourth-order valence-electron chi connectivity index (χ4n) is 2.46. The van der Waals surface area contributed by atoms with Crippen molar-refractivity contribution in [2.24, 2.45) is 0 Å². The molecule has 0 saturated heterocycles. The molecule has 0 aliphatic carbocycles. The SMILES string of the molecule is COC(=O)c1ccccc1Nc1ccc(NC(=O)c2cccc(C)c2)nn1. The predicted molar refractivity (Wildman–Crippen MR) is 102 cm³/mol. The zero-order valence-electron chi connectivity index (χ0n) is 14.9. The number of nitrogens with one attached hydrogen (secondary N) is 2. The predicted octanol–water partition coefficient (Wildman–Crippen LogP) is 3.57. The highest BCUT2D eigenvalue weighted by Crippen LogP contribution is 2.20. The molecular formula is C20H18N4O3. The minimum Gasteiger partial charge on any atom is -0.465 e. The first-order valence-electron chi connectivity index (χ1n) is 8.23. The number of rotatable bonds is 5. The van der Waals surface area contributed by atoms with Crippen LogP contribution in [0, 0.1) is 6.92 Å². The number of anilines is 3. The van der Waals surface area contributed by atoms with Crippen molar-refractivity contribution in [3.05, 3.63) is 77.4 Å². The van der Waals surface area contributed by atoms with Crippen LogP contribution in [0.5, 0.6) is 0 Å². The molecule has 1 amide bonds. The summed E-state index contributed by atoms with van der Waals surface area (Å²) in [5.74, 6) is 0.0473. The molecule has 0 bridgehead atoms. The van der Waals surface area contributed by atoms with Gasteiger partial charge in [0, 0.05) is 5.56 Å². The summed E-state index contributed by atoms with van der Waals surface area (Å²) < 4.78 is 4.77. The Morgan fingerprint density at radius 1 is 0.926 bits per heavy atom. The molecular weight excluding hydrogens is 344 g/mol. The van der Waals surface area contributed by atoms with E-state index in [0.29, 0.717) is 28.5 Å². The van der Waals surface area contributed by atoms with Crippen molar-refractivity contribution in [1.29, 1.82) is 0 Å². The Bertz CT molecular complexity index is 971. The number of aromatic nitrogens is 2. The van der Waals surface area contributed by atoms with Crippen LogP contribution in [0.25, 0.3) is 0 Å². The van der Waals surface area contributed by atoms with E-state index in [1.165, 1.54) is 7.11 Å². The molecule has 0 atom stereocenters. The van der Waals surface area contributed by atoms with Crippen molar-refractivity contribution in [3.8, 4) is 0 Å². The third kappa shape index (κ3) is 4.46. The quantitative estimate of drug-likeness (QED) is 0.674.